The zero-order chi connectivity index (χ0) is 20.2. The van der Waals surface area contributed by atoms with Crippen molar-refractivity contribution in [1.82, 2.24) is 9.80 Å². The standard InChI is InChI=1S/C23H29ClN2O3/c24-18-4-6-20(7-5-18)29-21-3-1-2-17(14-21)15-25-11-10-22(23(28)16-25)26-12-8-19(27)9-13-26/h1-7,14,19,22-23,27-28H,8-13,15-16H2/t22-,23-/m1/s1. The van der Waals surface area contributed by atoms with Gasteiger partial charge in [0.25, 0.3) is 0 Å². The fourth-order valence-corrected chi connectivity index (χ4v) is 4.50. The fourth-order valence-electron chi connectivity index (χ4n) is 4.38. The molecule has 2 heterocycles. The Bertz CT molecular complexity index is 793. The highest BCUT2D eigenvalue weighted by Crippen LogP contribution is 2.26. The Hall–Kier alpha value is -1.63. The second-order valence-corrected chi connectivity index (χ2v) is 8.57. The minimum absolute atomic E-state index is 0.175. The molecular formula is C23H29ClN2O3. The molecule has 6 heteroatoms. The summed E-state index contributed by atoms with van der Waals surface area (Å²) in [5.41, 5.74) is 1.17. The van der Waals surface area contributed by atoms with Gasteiger partial charge in [-0.15, -0.1) is 0 Å². The molecule has 0 radical (unpaired) electrons. The van der Waals surface area contributed by atoms with Gasteiger partial charge in [0.2, 0.25) is 0 Å². The Morgan fingerprint density at radius 1 is 0.931 bits per heavy atom. The van der Waals surface area contributed by atoms with Crippen LogP contribution in [-0.4, -0.2) is 64.4 Å². The molecule has 0 saturated carbocycles. The maximum atomic E-state index is 10.7. The normalized spacial score (nSPS) is 24.5. The van der Waals surface area contributed by atoms with E-state index in [0.717, 1.165) is 56.9 Å². The number of benzene rings is 2. The van der Waals surface area contributed by atoms with E-state index in [1.807, 2.05) is 36.4 Å². The third-order valence-electron chi connectivity index (χ3n) is 5.95. The summed E-state index contributed by atoms with van der Waals surface area (Å²) in [6, 6.07) is 15.7. The Labute approximate surface area is 177 Å². The average molecular weight is 417 g/mol. The van der Waals surface area contributed by atoms with E-state index in [4.69, 9.17) is 16.3 Å². The van der Waals surface area contributed by atoms with Crippen molar-refractivity contribution >= 4 is 11.6 Å². The molecule has 2 aromatic carbocycles. The minimum atomic E-state index is -0.354. The highest BCUT2D eigenvalue weighted by Gasteiger charge is 2.33. The smallest absolute Gasteiger partial charge is 0.127 e. The van der Waals surface area contributed by atoms with Gasteiger partial charge in [-0.3, -0.25) is 9.80 Å². The number of rotatable bonds is 5. The van der Waals surface area contributed by atoms with Crippen molar-refractivity contribution in [2.75, 3.05) is 26.2 Å². The number of hydrogen-bond acceptors (Lipinski definition) is 5. The number of likely N-dealkylation sites (tertiary alicyclic amines) is 2. The summed E-state index contributed by atoms with van der Waals surface area (Å²) in [6.07, 6.45) is 2.05. The van der Waals surface area contributed by atoms with Crippen LogP contribution in [0.5, 0.6) is 11.5 Å². The van der Waals surface area contributed by atoms with Crippen molar-refractivity contribution in [1.29, 1.82) is 0 Å². The number of aliphatic hydroxyl groups excluding tert-OH is 2. The number of piperidine rings is 2. The van der Waals surface area contributed by atoms with E-state index in [-0.39, 0.29) is 18.2 Å². The summed E-state index contributed by atoms with van der Waals surface area (Å²) >= 11 is 5.93. The van der Waals surface area contributed by atoms with Crippen molar-refractivity contribution in [3.8, 4) is 11.5 Å². The second kappa shape index (κ2) is 9.45. The molecule has 2 N–H and O–H groups in total. The summed E-state index contributed by atoms with van der Waals surface area (Å²) in [4.78, 5) is 4.66. The van der Waals surface area contributed by atoms with Crippen LogP contribution in [0.2, 0.25) is 5.02 Å². The molecule has 2 fully saturated rings. The number of ether oxygens (including phenoxy) is 1. The van der Waals surface area contributed by atoms with Crippen LogP contribution >= 0.6 is 11.6 Å². The molecule has 2 aromatic rings. The molecule has 0 amide bonds. The third kappa shape index (κ3) is 5.50. The number of β-amino-alcohol motifs (C(OH)–C–C–N with tert-alkyl or cyclic N) is 1. The van der Waals surface area contributed by atoms with Gasteiger partial charge in [-0.25, -0.2) is 0 Å². The van der Waals surface area contributed by atoms with E-state index in [9.17, 15) is 10.2 Å². The monoisotopic (exact) mass is 416 g/mol. The van der Waals surface area contributed by atoms with Crippen LogP contribution in [-0.2, 0) is 6.54 Å². The van der Waals surface area contributed by atoms with Crippen LogP contribution in [0.15, 0.2) is 48.5 Å². The molecule has 2 atom stereocenters. The first-order chi connectivity index (χ1) is 14.1. The van der Waals surface area contributed by atoms with Gasteiger partial charge in [0.15, 0.2) is 0 Å². The van der Waals surface area contributed by atoms with Crippen LogP contribution in [0, 0.1) is 0 Å². The zero-order valence-corrected chi connectivity index (χ0v) is 17.3. The lowest BCUT2D eigenvalue weighted by Crippen LogP contribution is -2.55. The predicted octanol–water partition coefficient (Wildman–Crippen LogP) is 3.52. The Balaban J connectivity index is 1.32. The quantitative estimate of drug-likeness (QED) is 0.781. The lowest BCUT2D eigenvalue weighted by molar-refractivity contribution is -0.0355. The van der Waals surface area contributed by atoms with Crippen molar-refractivity contribution in [2.45, 2.75) is 44.1 Å². The largest absolute Gasteiger partial charge is 0.457 e. The average Bonchev–Trinajstić information content (AvgIpc) is 2.71. The number of nitrogens with zero attached hydrogens (tertiary/aromatic N) is 2. The summed E-state index contributed by atoms with van der Waals surface area (Å²) < 4.78 is 5.94. The molecule has 0 bridgehead atoms. The van der Waals surface area contributed by atoms with Gasteiger partial charge in [-0.05, 0) is 61.2 Å². The first kappa shape index (κ1) is 20.6. The lowest BCUT2D eigenvalue weighted by Gasteiger charge is -2.43. The Kier molecular flexibility index (Phi) is 6.73. The maximum absolute atomic E-state index is 10.7. The SMILES string of the molecule is OC1CCN([C@@H]2CCN(Cc3cccc(Oc4ccc(Cl)cc4)c3)C[C@H]2O)CC1. The number of hydrogen-bond donors (Lipinski definition) is 2. The highest BCUT2D eigenvalue weighted by molar-refractivity contribution is 6.30. The molecule has 2 aliphatic rings. The van der Waals surface area contributed by atoms with E-state index in [0.29, 0.717) is 11.6 Å². The molecule has 0 aliphatic carbocycles. The van der Waals surface area contributed by atoms with Crippen LogP contribution in [0.25, 0.3) is 0 Å². The van der Waals surface area contributed by atoms with Gasteiger partial charge in [0.05, 0.1) is 12.2 Å². The molecular weight excluding hydrogens is 388 g/mol. The predicted molar refractivity (Wildman–Crippen MR) is 114 cm³/mol. The van der Waals surface area contributed by atoms with Gasteiger partial charge >= 0.3 is 0 Å². The topological polar surface area (TPSA) is 56.2 Å². The second-order valence-electron chi connectivity index (χ2n) is 8.13. The van der Waals surface area contributed by atoms with Gasteiger partial charge in [0, 0.05) is 43.8 Å². The molecule has 0 unspecified atom stereocenters. The third-order valence-corrected chi connectivity index (χ3v) is 6.20. The molecule has 29 heavy (non-hydrogen) atoms. The lowest BCUT2D eigenvalue weighted by atomic mass is 9.96. The molecule has 0 spiro atoms. The van der Waals surface area contributed by atoms with Crippen molar-refractivity contribution in [3.63, 3.8) is 0 Å². The Morgan fingerprint density at radius 3 is 2.41 bits per heavy atom. The fraction of sp³-hybridized carbons (Fsp3) is 0.478. The van der Waals surface area contributed by atoms with Crippen LogP contribution in [0.3, 0.4) is 0 Å². The molecule has 2 saturated heterocycles. The van der Waals surface area contributed by atoms with E-state index < -0.39 is 0 Å². The molecule has 156 valence electrons. The molecule has 2 aliphatic heterocycles. The summed E-state index contributed by atoms with van der Waals surface area (Å²) in [5.74, 6) is 1.56. The number of halogens is 1. The van der Waals surface area contributed by atoms with E-state index >= 15 is 0 Å². The van der Waals surface area contributed by atoms with Gasteiger partial charge in [-0.1, -0.05) is 23.7 Å². The van der Waals surface area contributed by atoms with E-state index in [1.54, 1.807) is 0 Å². The minimum Gasteiger partial charge on any atom is -0.457 e. The van der Waals surface area contributed by atoms with E-state index in [1.165, 1.54) is 5.56 Å². The first-order valence-corrected chi connectivity index (χ1v) is 10.8. The summed E-state index contributed by atoms with van der Waals surface area (Å²) in [6.45, 7) is 4.19. The van der Waals surface area contributed by atoms with Crippen LogP contribution in [0.4, 0.5) is 0 Å². The van der Waals surface area contributed by atoms with Crippen molar-refractivity contribution in [3.05, 3.63) is 59.1 Å². The van der Waals surface area contributed by atoms with E-state index in [2.05, 4.69) is 21.9 Å². The van der Waals surface area contributed by atoms with Crippen LogP contribution < -0.4 is 4.74 Å². The first-order valence-electron chi connectivity index (χ1n) is 10.4. The summed E-state index contributed by atoms with van der Waals surface area (Å²) in [5, 5.41) is 21.1. The van der Waals surface area contributed by atoms with Gasteiger partial charge in [-0.2, -0.15) is 0 Å². The zero-order valence-electron chi connectivity index (χ0n) is 16.6. The maximum Gasteiger partial charge on any atom is 0.127 e. The van der Waals surface area contributed by atoms with Crippen molar-refractivity contribution < 1.29 is 14.9 Å². The highest BCUT2D eigenvalue weighted by atomic mass is 35.5. The summed E-state index contributed by atoms with van der Waals surface area (Å²) in [7, 11) is 0. The molecule has 4 rings (SSSR count). The van der Waals surface area contributed by atoms with Gasteiger partial charge < -0.3 is 14.9 Å². The Morgan fingerprint density at radius 2 is 1.69 bits per heavy atom. The van der Waals surface area contributed by atoms with Gasteiger partial charge in [0.1, 0.15) is 11.5 Å². The molecule has 5 nitrogen and oxygen atoms in total. The van der Waals surface area contributed by atoms with Crippen molar-refractivity contribution in [2.24, 2.45) is 0 Å². The van der Waals surface area contributed by atoms with Crippen LogP contribution in [0.1, 0.15) is 24.8 Å². The molecule has 0 aromatic heterocycles. The number of aliphatic hydroxyl groups is 2.